The summed E-state index contributed by atoms with van der Waals surface area (Å²) < 4.78 is 52.8. The number of fused-ring (bicyclic) bond motifs is 1. The van der Waals surface area contributed by atoms with E-state index in [0.717, 1.165) is 10.2 Å². The van der Waals surface area contributed by atoms with Gasteiger partial charge in [-0.25, -0.2) is 4.68 Å². The minimum Gasteiger partial charge on any atom is -0.497 e. The van der Waals surface area contributed by atoms with Gasteiger partial charge < -0.3 is 20.1 Å². The number of hydrogen-bond acceptors (Lipinski definition) is 5. The van der Waals surface area contributed by atoms with Crippen molar-refractivity contribution in [3.8, 4) is 11.5 Å². The number of aromatic nitrogens is 2. The predicted octanol–water partition coefficient (Wildman–Crippen LogP) is 4.49. The summed E-state index contributed by atoms with van der Waals surface area (Å²) in [5.74, 6) is 0.728. The molecule has 1 aliphatic heterocycles. The number of benzene rings is 2. The molecule has 7 nitrogen and oxygen atoms in total. The first-order valence-corrected chi connectivity index (χ1v) is 10.3. The average Bonchev–Trinajstić information content (AvgIpc) is 3.25. The van der Waals surface area contributed by atoms with E-state index in [1.165, 1.54) is 13.3 Å². The van der Waals surface area contributed by atoms with Gasteiger partial charge in [-0.2, -0.15) is 18.3 Å². The Morgan fingerprint density at radius 3 is 2.55 bits per heavy atom. The number of nitrogens with zero attached hydrogens (tertiary/aromatic N) is 2. The number of carbonyl (C=O) groups is 1. The first-order valence-electron chi connectivity index (χ1n) is 10.3. The minimum atomic E-state index is -4.53. The number of halogens is 3. The molecule has 0 saturated carbocycles. The molecule has 1 aromatic heterocycles. The Morgan fingerprint density at radius 2 is 1.88 bits per heavy atom. The lowest BCUT2D eigenvalue weighted by Gasteiger charge is -2.34. The predicted molar refractivity (Wildman–Crippen MR) is 115 cm³/mol. The topological polar surface area (TPSA) is 77.4 Å². The van der Waals surface area contributed by atoms with Gasteiger partial charge in [0.05, 0.1) is 26.5 Å². The molecule has 0 bridgehead atoms. The van der Waals surface area contributed by atoms with Gasteiger partial charge in [-0.15, -0.1) is 0 Å². The lowest BCUT2D eigenvalue weighted by molar-refractivity contribution is -0.173. The molecular weight excluding hydrogens is 437 g/mol. The van der Waals surface area contributed by atoms with E-state index in [1.54, 1.807) is 55.6 Å². The van der Waals surface area contributed by atoms with Crippen LogP contribution < -0.4 is 20.1 Å². The molecule has 2 aromatic carbocycles. The Bertz CT molecular complexity index is 1130. The van der Waals surface area contributed by atoms with E-state index < -0.39 is 24.2 Å². The lowest BCUT2D eigenvalue weighted by Crippen LogP contribution is -2.36. The molecule has 3 aromatic rings. The molecule has 2 heterocycles. The summed E-state index contributed by atoms with van der Waals surface area (Å²) in [4.78, 5) is 12.8. The summed E-state index contributed by atoms with van der Waals surface area (Å²) in [5.41, 5.74) is 1.49. The van der Waals surface area contributed by atoms with Crippen molar-refractivity contribution in [1.82, 2.24) is 15.1 Å². The van der Waals surface area contributed by atoms with Gasteiger partial charge in [-0.1, -0.05) is 24.3 Å². The van der Waals surface area contributed by atoms with Crippen molar-refractivity contribution in [3.63, 3.8) is 0 Å². The molecule has 2 atom stereocenters. The molecule has 0 spiro atoms. The zero-order valence-electron chi connectivity index (χ0n) is 18.0. The third-order valence-electron chi connectivity index (χ3n) is 5.59. The maximum atomic E-state index is 13.9. The van der Waals surface area contributed by atoms with Crippen molar-refractivity contribution in [3.05, 3.63) is 71.4 Å². The summed E-state index contributed by atoms with van der Waals surface area (Å²) >= 11 is 0. The molecule has 0 aliphatic carbocycles. The molecule has 10 heteroatoms. The van der Waals surface area contributed by atoms with Crippen LogP contribution in [0.4, 0.5) is 19.0 Å². The monoisotopic (exact) mass is 460 g/mol. The first-order chi connectivity index (χ1) is 15.8. The molecule has 0 saturated heterocycles. The first kappa shape index (κ1) is 22.5. The molecule has 1 amide bonds. The van der Waals surface area contributed by atoms with Gasteiger partial charge in [-0.3, -0.25) is 4.79 Å². The van der Waals surface area contributed by atoms with Crippen molar-refractivity contribution in [2.45, 2.75) is 31.2 Å². The molecule has 33 heavy (non-hydrogen) atoms. The Kier molecular flexibility index (Phi) is 6.17. The maximum Gasteiger partial charge on any atom is 0.410 e. The average molecular weight is 460 g/mol. The highest BCUT2D eigenvalue weighted by atomic mass is 19.4. The van der Waals surface area contributed by atoms with Crippen LogP contribution in [0, 0.1) is 0 Å². The fraction of sp³-hybridized carbons (Fsp3) is 0.304. The summed E-state index contributed by atoms with van der Waals surface area (Å²) in [6.07, 6.45) is -3.63. The van der Waals surface area contributed by atoms with E-state index in [4.69, 9.17) is 9.47 Å². The van der Waals surface area contributed by atoms with Crippen LogP contribution in [-0.2, 0) is 6.54 Å². The summed E-state index contributed by atoms with van der Waals surface area (Å²) in [5, 5.41) is 9.72. The maximum absolute atomic E-state index is 13.9. The molecule has 174 valence electrons. The second-order valence-electron chi connectivity index (χ2n) is 7.65. The highest BCUT2D eigenvalue weighted by Crippen LogP contribution is 2.44. The number of anilines is 1. The van der Waals surface area contributed by atoms with Crippen LogP contribution in [0.15, 0.2) is 54.7 Å². The van der Waals surface area contributed by atoms with Gasteiger partial charge in [0.25, 0.3) is 5.91 Å². The number of carbonyl (C=O) groups excluding carboxylic acids is 1. The largest absolute Gasteiger partial charge is 0.497 e. The fourth-order valence-corrected chi connectivity index (χ4v) is 3.83. The van der Waals surface area contributed by atoms with Gasteiger partial charge in [0.2, 0.25) is 0 Å². The number of methoxy groups -OCH3 is 2. The molecule has 0 radical (unpaired) electrons. The minimum absolute atomic E-state index is 0.0311. The van der Waals surface area contributed by atoms with Crippen LogP contribution in [0.25, 0.3) is 0 Å². The van der Waals surface area contributed by atoms with E-state index in [0.29, 0.717) is 17.1 Å². The quantitative estimate of drug-likeness (QED) is 0.567. The number of alkyl halides is 3. The zero-order chi connectivity index (χ0) is 23.6. The van der Waals surface area contributed by atoms with Crippen LogP contribution in [-0.4, -0.2) is 36.1 Å². The molecule has 2 unspecified atom stereocenters. The summed E-state index contributed by atoms with van der Waals surface area (Å²) in [7, 11) is 3.05. The van der Waals surface area contributed by atoms with E-state index in [-0.39, 0.29) is 24.3 Å². The van der Waals surface area contributed by atoms with Crippen molar-refractivity contribution < 1.29 is 27.4 Å². The van der Waals surface area contributed by atoms with Crippen LogP contribution in [0.5, 0.6) is 11.5 Å². The second kappa shape index (κ2) is 9.05. The Balaban J connectivity index is 1.59. The van der Waals surface area contributed by atoms with Crippen LogP contribution in [0.3, 0.4) is 0 Å². The molecule has 0 fully saturated rings. The smallest absolute Gasteiger partial charge is 0.410 e. The van der Waals surface area contributed by atoms with Gasteiger partial charge in [-0.05, 0) is 35.4 Å². The number of amides is 1. The molecule has 1 aliphatic rings. The van der Waals surface area contributed by atoms with Gasteiger partial charge in [0, 0.05) is 13.0 Å². The third kappa shape index (κ3) is 4.74. The van der Waals surface area contributed by atoms with Crippen molar-refractivity contribution in [2.24, 2.45) is 0 Å². The lowest BCUT2D eigenvalue weighted by atomic mass is 9.96. The highest BCUT2D eigenvalue weighted by Gasteiger charge is 2.47. The van der Waals surface area contributed by atoms with Crippen molar-refractivity contribution in [1.29, 1.82) is 0 Å². The normalized spacial score (nSPS) is 17.6. The highest BCUT2D eigenvalue weighted by molar-refractivity contribution is 5.98. The molecule has 4 rings (SSSR count). The zero-order valence-corrected chi connectivity index (χ0v) is 18.0. The SMILES string of the molecule is COc1ccc(CNC(=O)c2cnn3c2NC(c2cccc(OC)c2)CC3C(F)(F)F)cc1. The van der Waals surface area contributed by atoms with E-state index >= 15 is 0 Å². The van der Waals surface area contributed by atoms with E-state index in [9.17, 15) is 18.0 Å². The van der Waals surface area contributed by atoms with Crippen molar-refractivity contribution in [2.75, 3.05) is 19.5 Å². The molecular formula is C23H23F3N4O3. The second-order valence-corrected chi connectivity index (χ2v) is 7.65. The fourth-order valence-electron chi connectivity index (χ4n) is 3.83. The van der Waals surface area contributed by atoms with Gasteiger partial charge in [0.15, 0.2) is 6.04 Å². The molecule has 2 N–H and O–H groups in total. The standard InChI is InChI=1S/C23H23F3N4O3/c1-32-16-8-6-14(7-9-16)12-27-22(31)18-13-28-30-20(23(24,25)26)11-19(29-21(18)30)15-4-3-5-17(10-15)33-2/h3-10,13,19-20,29H,11-12H2,1-2H3,(H,27,31). The number of hydrogen-bond donors (Lipinski definition) is 2. The summed E-state index contributed by atoms with van der Waals surface area (Å²) in [6, 6.07) is 11.4. The third-order valence-corrected chi connectivity index (χ3v) is 5.59. The Morgan fingerprint density at radius 1 is 1.15 bits per heavy atom. The van der Waals surface area contributed by atoms with Crippen molar-refractivity contribution >= 4 is 11.7 Å². The van der Waals surface area contributed by atoms with Crippen LogP contribution in [0.2, 0.25) is 0 Å². The Hall–Kier alpha value is -3.69. The van der Waals surface area contributed by atoms with E-state index in [2.05, 4.69) is 15.7 Å². The number of nitrogens with one attached hydrogen (secondary N) is 2. The number of ether oxygens (including phenoxy) is 2. The summed E-state index contributed by atoms with van der Waals surface area (Å²) in [6.45, 7) is 0.204. The van der Waals surface area contributed by atoms with Crippen LogP contribution in [0.1, 0.15) is 40.0 Å². The number of rotatable bonds is 6. The Labute approximate surface area is 188 Å². The van der Waals surface area contributed by atoms with Gasteiger partial charge in [0.1, 0.15) is 22.9 Å². The van der Waals surface area contributed by atoms with Crippen LogP contribution >= 0.6 is 0 Å². The van der Waals surface area contributed by atoms with Gasteiger partial charge >= 0.3 is 6.18 Å². The van der Waals surface area contributed by atoms with E-state index in [1.807, 2.05) is 0 Å².